The van der Waals surface area contributed by atoms with Gasteiger partial charge in [-0.05, 0) is 38.5 Å². The van der Waals surface area contributed by atoms with Crippen LogP contribution in [0.4, 0.5) is 4.79 Å². The second kappa shape index (κ2) is 9.60. The van der Waals surface area contributed by atoms with Gasteiger partial charge in [-0.25, -0.2) is 10.3 Å². The van der Waals surface area contributed by atoms with Crippen LogP contribution in [0.2, 0.25) is 0 Å². The van der Waals surface area contributed by atoms with Crippen LogP contribution in [0.25, 0.3) is 0 Å². The zero-order chi connectivity index (χ0) is 18.2. The summed E-state index contributed by atoms with van der Waals surface area (Å²) in [5.41, 5.74) is 1.58. The lowest BCUT2D eigenvalue weighted by molar-refractivity contribution is -0.136. The first-order valence-corrected chi connectivity index (χ1v) is 9.35. The van der Waals surface area contributed by atoms with Crippen LogP contribution < -0.4 is 5.48 Å². The van der Waals surface area contributed by atoms with E-state index >= 15 is 0 Å². The van der Waals surface area contributed by atoms with Gasteiger partial charge in [-0.1, -0.05) is 13.3 Å². The molecule has 2 heterocycles. The van der Waals surface area contributed by atoms with Gasteiger partial charge in [0.25, 0.3) is 5.91 Å². The number of rotatable bonds is 6. The minimum atomic E-state index is -0.623. The molecule has 8 heteroatoms. The second-order valence-corrected chi connectivity index (χ2v) is 6.83. The molecule has 25 heavy (non-hydrogen) atoms. The number of hydroxylamine groups is 1. The van der Waals surface area contributed by atoms with Gasteiger partial charge < -0.3 is 14.7 Å². The minimum Gasteiger partial charge on any atom is -0.341 e. The van der Waals surface area contributed by atoms with Gasteiger partial charge in [0.1, 0.15) is 12.6 Å². The minimum absolute atomic E-state index is 0.0348. The average molecular weight is 354 g/mol. The van der Waals surface area contributed by atoms with E-state index in [2.05, 4.69) is 0 Å². The topological polar surface area (TPSA) is 93.2 Å². The summed E-state index contributed by atoms with van der Waals surface area (Å²) < 4.78 is 0. The van der Waals surface area contributed by atoms with Gasteiger partial charge in [0.05, 0.1) is 0 Å². The van der Waals surface area contributed by atoms with Crippen LogP contribution in [0.5, 0.6) is 0 Å². The van der Waals surface area contributed by atoms with E-state index < -0.39 is 11.9 Å². The Balaban J connectivity index is 2.05. The molecule has 142 valence electrons. The number of unbranched alkanes of at least 4 members (excludes halogenated alkanes) is 1. The van der Waals surface area contributed by atoms with Crippen molar-refractivity contribution < 1.29 is 19.6 Å². The number of amides is 4. The fourth-order valence-corrected chi connectivity index (χ4v) is 3.56. The lowest BCUT2D eigenvalue weighted by atomic mass is 10.1. The Hall–Kier alpha value is -1.83. The molecule has 0 spiro atoms. The van der Waals surface area contributed by atoms with Crippen LogP contribution in [0.15, 0.2) is 0 Å². The quantitative estimate of drug-likeness (QED) is 0.553. The third kappa shape index (κ3) is 5.07. The number of piperidine rings is 1. The van der Waals surface area contributed by atoms with Gasteiger partial charge in [0.15, 0.2) is 0 Å². The largest absolute Gasteiger partial charge is 0.341 e. The number of nitrogens with one attached hydrogen (secondary N) is 1. The van der Waals surface area contributed by atoms with Gasteiger partial charge in [0, 0.05) is 26.2 Å². The van der Waals surface area contributed by atoms with E-state index in [9.17, 15) is 14.4 Å². The predicted molar refractivity (Wildman–Crippen MR) is 92.0 cm³/mol. The van der Waals surface area contributed by atoms with E-state index in [-0.39, 0.29) is 18.5 Å². The van der Waals surface area contributed by atoms with Gasteiger partial charge in [-0.2, -0.15) is 0 Å². The number of carbonyl (C=O) groups excluding carboxylic acids is 3. The zero-order valence-corrected chi connectivity index (χ0v) is 15.1. The summed E-state index contributed by atoms with van der Waals surface area (Å²) in [7, 11) is 0. The van der Waals surface area contributed by atoms with Crippen molar-refractivity contribution in [2.24, 2.45) is 0 Å². The number of likely N-dealkylation sites (tertiary alicyclic amines) is 2. The molecule has 0 aromatic heterocycles. The molecule has 1 unspecified atom stereocenters. The Kier molecular flexibility index (Phi) is 7.49. The van der Waals surface area contributed by atoms with Crippen molar-refractivity contribution in [1.82, 2.24) is 20.2 Å². The summed E-state index contributed by atoms with van der Waals surface area (Å²) >= 11 is 0. The molecule has 2 N–H and O–H groups in total. The number of urea groups is 1. The number of hydrogen-bond donors (Lipinski definition) is 2. The van der Waals surface area contributed by atoms with E-state index in [0.717, 1.165) is 51.6 Å². The van der Waals surface area contributed by atoms with Crippen molar-refractivity contribution in [2.75, 3.05) is 32.7 Å². The molecule has 0 aromatic carbocycles. The first-order valence-electron chi connectivity index (χ1n) is 9.35. The predicted octanol–water partition coefficient (Wildman–Crippen LogP) is 1.19. The normalized spacial score (nSPS) is 20.5. The molecule has 1 atom stereocenters. The molecule has 2 aliphatic rings. The van der Waals surface area contributed by atoms with Crippen LogP contribution >= 0.6 is 0 Å². The molecule has 2 fully saturated rings. The standard InChI is InChI=1S/C17H30N4O4/c1-2-3-9-20(13-15(22)18-25)17(24)21-12-7-8-14(21)16(23)19-10-5-4-6-11-19/h14,25H,2-13H2,1H3,(H,18,22). The fourth-order valence-electron chi connectivity index (χ4n) is 3.56. The molecule has 0 aliphatic carbocycles. The highest BCUT2D eigenvalue weighted by atomic mass is 16.5. The Labute approximate surface area is 149 Å². The summed E-state index contributed by atoms with van der Waals surface area (Å²) in [5, 5.41) is 8.75. The fraction of sp³-hybridized carbons (Fsp3) is 0.824. The van der Waals surface area contributed by atoms with Crippen LogP contribution in [0, 0.1) is 0 Å². The van der Waals surface area contributed by atoms with Gasteiger partial charge >= 0.3 is 6.03 Å². The Morgan fingerprint density at radius 2 is 1.84 bits per heavy atom. The molecule has 2 rings (SSSR count). The average Bonchev–Trinajstić information content (AvgIpc) is 3.14. The Bertz CT molecular complexity index is 479. The molecule has 2 saturated heterocycles. The Morgan fingerprint density at radius 3 is 2.48 bits per heavy atom. The molecule has 0 saturated carbocycles. The maximum Gasteiger partial charge on any atom is 0.321 e. The summed E-state index contributed by atoms with van der Waals surface area (Å²) in [6, 6.07) is -0.711. The molecule has 0 bridgehead atoms. The van der Waals surface area contributed by atoms with Gasteiger partial charge in [-0.15, -0.1) is 0 Å². The van der Waals surface area contributed by atoms with Crippen LogP contribution in [-0.2, 0) is 9.59 Å². The summed E-state index contributed by atoms with van der Waals surface area (Å²) in [6.45, 7) is 4.31. The SMILES string of the molecule is CCCCN(CC(=O)NO)C(=O)N1CCCC1C(=O)N1CCCCC1. The molecular weight excluding hydrogens is 324 g/mol. The van der Waals surface area contributed by atoms with Crippen LogP contribution in [-0.4, -0.2) is 76.5 Å². The first-order chi connectivity index (χ1) is 12.1. The smallest absolute Gasteiger partial charge is 0.321 e. The summed E-state index contributed by atoms with van der Waals surface area (Å²) in [4.78, 5) is 42.2. The van der Waals surface area contributed by atoms with Crippen LogP contribution in [0.3, 0.4) is 0 Å². The lowest BCUT2D eigenvalue weighted by Gasteiger charge is -2.35. The molecule has 4 amide bonds. The number of carbonyl (C=O) groups is 3. The van der Waals surface area contributed by atoms with E-state index in [1.807, 2.05) is 11.8 Å². The van der Waals surface area contributed by atoms with E-state index in [1.165, 1.54) is 4.90 Å². The molecule has 0 radical (unpaired) electrons. The monoisotopic (exact) mass is 354 g/mol. The second-order valence-electron chi connectivity index (χ2n) is 6.83. The van der Waals surface area contributed by atoms with Crippen molar-refractivity contribution >= 4 is 17.8 Å². The highest BCUT2D eigenvalue weighted by Crippen LogP contribution is 2.23. The molecule has 8 nitrogen and oxygen atoms in total. The summed E-state index contributed by atoms with van der Waals surface area (Å²) in [5.74, 6) is -0.588. The van der Waals surface area contributed by atoms with Crippen molar-refractivity contribution in [2.45, 2.75) is 57.9 Å². The number of nitrogens with zero attached hydrogens (tertiary/aromatic N) is 3. The first kappa shape index (κ1) is 19.5. The molecular formula is C17H30N4O4. The highest BCUT2D eigenvalue weighted by Gasteiger charge is 2.38. The maximum absolute atomic E-state index is 12.9. The van der Waals surface area contributed by atoms with E-state index in [1.54, 1.807) is 10.4 Å². The zero-order valence-electron chi connectivity index (χ0n) is 15.1. The van der Waals surface area contributed by atoms with Crippen LogP contribution in [0.1, 0.15) is 51.9 Å². The van der Waals surface area contributed by atoms with E-state index in [0.29, 0.717) is 19.5 Å². The van der Waals surface area contributed by atoms with Gasteiger partial charge in [-0.3, -0.25) is 14.8 Å². The highest BCUT2D eigenvalue weighted by molar-refractivity contribution is 5.89. The van der Waals surface area contributed by atoms with Crippen molar-refractivity contribution in [3.63, 3.8) is 0 Å². The Morgan fingerprint density at radius 1 is 1.12 bits per heavy atom. The maximum atomic E-state index is 12.9. The third-order valence-electron chi connectivity index (χ3n) is 4.96. The van der Waals surface area contributed by atoms with Crippen molar-refractivity contribution in [3.05, 3.63) is 0 Å². The number of hydrogen-bond acceptors (Lipinski definition) is 4. The third-order valence-corrected chi connectivity index (χ3v) is 4.96. The summed E-state index contributed by atoms with van der Waals surface area (Å²) in [6.07, 6.45) is 6.32. The van der Waals surface area contributed by atoms with Crippen molar-refractivity contribution in [1.29, 1.82) is 0 Å². The van der Waals surface area contributed by atoms with Gasteiger partial charge in [0.2, 0.25) is 5.91 Å². The van der Waals surface area contributed by atoms with E-state index in [4.69, 9.17) is 5.21 Å². The van der Waals surface area contributed by atoms with Crippen molar-refractivity contribution in [3.8, 4) is 0 Å². The molecule has 2 aliphatic heterocycles. The molecule has 0 aromatic rings. The lowest BCUT2D eigenvalue weighted by Crippen LogP contribution is -2.54.